The van der Waals surface area contributed by atoms with Gasteiger partial charge in [0.15, 0.2) is 0 Å². The van der Waals surface area contributed by atoms with Crippen LogP contribution in [0.3, 0.4) is 0 Å². The van der Waals surface area contributed by atoms with Crippen molar-refractivity contribution in [1.82, 2.24) is 4.90 Å². The van der Waals surface area contributed by atoms with Gasteiger partial charge in [-0.25, -0.2) is 0 Å². The molecule has 2 heteroatoms. The number of halogens is 1. The molecule has 0 spiro atoms. The highest BCUT2D eigenvalue weighted by molar-refractivity contribution is 14.0. The predicted molar refractivity (Wildman–Crippen MR) is 53.5 cm³/mol. The Balaban J connectivity index is 0. The second-order valence-electron chi connectivity index (χ2n) is 2.57. The number of rotatable bonds is 3. The average Bonchev–Trinajstić information content (AvgIpc) is 1.67. The average molecular weight is 243 g/mol. The Morgan fingerprint density at radius 2 is 1.78 bits per heavy atom. The molecule has 0 unspecified atom stereocenters. The molecule has 0 aromatic carbocycles. The second kappa shape index (κ2) is 6.81. The smallest absolute Gasteiger partial charge is 0.00355 e. The molecule has 0 atom stereocenters. The summed E-state index contributed by atoms with van der Waals surface area (Å²) >= 11 is 0. The summed E-state index contributed by atoms with van der Waals surface area (Å²) in [6.45, 7) is 7.86. The molecule has 0 N–H and O–H groups in total. The zero-order chi connectivity index (χ0) is 6.57. The van der Waals surface area contributed by atoms with Crippen LogP contribution in [0.25, 0.3) is 0 Å². The normalized spacial score (nSPS) is 10.0. The van der Waals surface area contributed by atoms with E-state index in [1.807, 2.05) is 0 Å². The van der Waals surface area contributed by atoms with Crippen LogP contribution in [-0.2, 0) is 0 Å². The molecule has 0 saturated heterocycles. The largest absolute Gasteiger partial charge is 0.304 e. The van der Waals surface area contributed by atoms with E-state index in [0.717, 1.165) is 0 Å². The summed E-state index contributed by atoms with van der Waals surface area (Å²) in [6.07, 6.45) is 1.26. The maximum Gasteiger partial charge on any atom is 0.00355 e. The van der Waals surface area contributed by atoms with E-state index in [2.05, 4.69) is 32.7 Å². The van der Waals surface area contributed by atoms with Gasteiger partial charge in [0.05, 0.1) is 0 Å². The first kappa shape index (κ1) is 12.4. The highest BCUT2D eigenvalue weighted by atomic mass is 127. The molecule has 0 fully saturated rings. The highest BCUT2D eigenvalue weighted by Gasteiger charge is 1.98. The van der Waals surface area contributed by atoms with Crippen LogP contribution in [0.2, 0.25) is 0 Å². The standard InChI is InChI=1S/C7H17N.HI/c1-5-6-8(4)7(2)3;/h7H,5-6H2,1-4H3;1H. The third kappa shape index (κ3) is 6.58. The molecule has 9 heavy (non-hydrogen) atoms. The quantitative estimate of drug-likeness (QED) is 0.688. The molecule has 0 heterocycles. The zero-order valence-corrected chi connectivity index (χ0v) is 9.18. The molecule has 1 nitrogen and oxygen atoms in total. The Labute approximate surface area is 75.8 Å². The number of hydrogen-bond acceptors (Lipinski definition) is 1. The highest BCUT2D eigenvalue weighted by Crippen LogP contribution is 1.92. The first-order valence-corrected chi connectivity index (χ1v) is 3.38. The molecule has 0 saturated carbocycles. The van der Waals surface area contributed by atoms with Gasteiger partial charge in [-0.2, -0.15) is 0 Å². The molecule has 0 aliphatic rings. The lowest BCUT2D eigenvalue weighted by atomic mass is 10.3. The molecule has 0 aromatic heterocycles. The van der Waals surface area contributed by atoms with E-state index >= 15 is 0 Å². The predicted octanol–water partition coefficient (Wildman–Crippen LogP) is 2.35. The van der Waals surface area contributed by atoms with E-state index in [1.54, 1.807) is 0 Å². The zero-order valence-electron chi connectivity index (χ0n) is 6.85. The van der Waals surface area contributed by atoms with E-state index in [9.17, 15) is 0 Å². The van der Waals surface area contributed by atoms with Gasteiger partial charge in [-0.15, -0.1) is 24.0 Å². The summed E-state index contributed by atoms with van der Waals surface area (Å²) in [7, 11) is 2.16. The third-order valence-electron chi connectivity index (χ3n) is 1.46. The van der Waals surface area contributed by atoms with Gasteiger partial charge in [-0.1, -0.05) is 6.92 Å². The van der Waals surface area contributed by atoms with Crippen molar-refractivity contribution in [2.45, 2.75) is 33.2 Å². The maximum atomic E-state index is 2.35. The minimum Gasteiger partial charge on any atom is -0.304 e. The Morgan fingerprint density at radius 1 is 1.33 bits per heavy atom. The molecule has 0 bridgehead atoms. The minimum absolute atomic E-state index is 0. The van der Waals surface area contributed by atoms with Crippen molar-refractivity contribution in [2.75, 3.05) is 13.6 Å². The summed E-state index contributed by atoms with van der Waals surface area (Å²) in [5, 5.41) is 0. The molecule has 0 rings (SSSR count). The monoisotopic (exact) mass is 243 g/mol. The lowest BCUT2D eigenvalue weighted by molar-refractivity contribution is 0.275. The lowest BCUT2D eigenvalue weighted by Gasteiger charge is -2.19. The lowest BCUT2D eigenvalue weighted by Crippen LogP contribution is -2.26. The molecular formula is C7H18IN. The minimum atomic E-state index is 0. The van der Waals surface area contributed by atoms with Gasteiger partial charge in [0.25, 0.3) is 0 Å². The fourth-order valence-corrected chi connectivity index (χ4v) is 0.611. The Bertz CT molecular complexity index is 54.9. The Kier molecular flexibility index (Phi) is 9.36. The number of nitrogens with zero attached hydrogens (tertiary/aromatic N) is 1. The summed E-state index contributed by atoms with van der Waals surface area (Å²) in [6, 6.07) is 0.704. The molecule has 0 amide bonds. The van der Waals surface area contributed by atoms with E-state index in [-0.39, 0.29) is 24.0 Å². The van der Waals surface area contributed by atoms with Crippen LogP contribution in [0.4, 0.5) is 0 Å². The van der Waals surface area contributed by atoms with Crippen LogP contribution in [0, 0.1) is 0 Å². The number of hydrogen-bond donors (Lipinski definition) is 0. The fourth-order valence-electron chi connectivity index (χ4n) is 0.611. The topological polar surface area (TPSA) is 3.24 Å². The van der Waals surface area contributed by atoms with Crippen LogP contribution in [0.5, 0.6) is 0 Å². The molecular weight excluding hydrogens is 225 g/mol. The van der Waals surface area contributed by atoms with Crippen LogP contribution in [-0.4, -0.2) is 24.5 Å². The van der Waals surface area contributed by atoms with Gasteiger partial charge in [0.1, 0.15) is 0 Å². The van der Waals surface area contributed by atoms with Crippen molar-refractivity contribution < 1.29 is 0 Å². The van der Waals surface area contributed by atoms with Gasteiger partial charge in [0, 0.05) is 6.04 Å². The summed E-state index contributed by atoms with van der Waals surface area (Å²) in [4.78, 5) is 2.35. The summed E-state index contributed by atoms with van der Waals surface area (Å²) in [5.41, 5.74) is 0. The summed E-state index contributed by atoms with van der Waals surface area (Å²) < 4.78 is 0. The first-order valence-electron chi connectivity index (χ1n) is 3.38. The molecule has 0 aromatic rings. The summed E-state index contributed by atoms with van der Waals surface area (Å²) in [5.74, 6) is 0. The van der Waals surface area contributed by atoms with Crippen LogP contribution >= 0.6 is 24.0 Å². The Morgan fingerprint density at radius 3 is 1.89 bits per heavy atom. The molecule has 58 valence electrons. The second-order valence-corrected chi connectivity index (χ2v) is 2.57. The van der Waals surface area contributed by atoms with Crippen molar-refractivity contribution in [3.63, 3.8) is 0 Å². The van der Waals surface area contributed by atoms with Crippen molar-refractivity contribution in [3.05, 3.63) is 0 Å². The van der Waals surface area contributed by atoms with Gasteiger partial charge >= 0.3 is 0 Å². The third-order valence-corrected chi connectivity index (χ3v) is 1.46. The van der Waals surface area contributed by atoms with Crippen LogP contribution in [0.1, 0.15) is 27.2 Å². The van der Waals surface area contributed by atoms with Gasteiger partial charge in [-0.05, 0) is 33.9 Å². The first-order chi connectivity index (χ1) is 3.68. The van der Waals surface area contributed by atoms with Gasteiger partial charge in [0.2, 0.25) is 0 Å². The molecule has 0 aliphatic carbocycles. The van der Waals surface area contributed by atoms with Crippen molar-refractivity contribution >= 4 is 24.0 Å². The van der Waals surface area contributed by atoms with Crippen molar-refractivity contribution in [3.8, 4) is 0 Å². The fraction of sp³-hybridized carbons (Fsp3) is 1.00. The van der Waals surface area contributed by atoms with Crippen molar-refractivity contribution in [1.29, 1.82) is 0 Å². The molecule has 0 radical (unpaired) electrons. The Hall–Kier alpha value is 0.690. The van der Waals surface area contributed by atoms with E-state index in [1.165, 1.54) is 13.0 Å². The van der Waals surface area contributed by atoms with E-state index in [4.69, 9.17) is 0 Å². The van der Waals surface area contributed by atoms with E-state index < -0.39 is 0 Å². The van der Waals surface area contributed by atoms with Crippen LogP contribution in [0.15, 0.2) is 0 Å². The van der Waals surface area contributed by atoms with E-state index in [0.29, 0.717) is 6.04 Å². The van der Waals surface area contributed by atoms with Crippen LogP contribution < -0.4 is 0 Å². The van der Waals surface area contributed by atoms with Gasteiger partial charge < -0.3 is 4.90 Å². The SMILES string of the molecule is CCCN(C)C(C)C.I. The van der Waals surface area contributed by atoms with Gasteiger partial charge in [-0.3, -0.25) is 0 Å². The molecule has 0 aliphatic heterocycles. The van der Waals surface area contributed by atoms with Crippen molar-refractivity contribution in [2.24, 2.45) is 0 Å². The maximum absolute atomic E-state index is 2.35.